The van der Waals surface area contributed by atoms with Crippen LogP contribution in [-0.4, -0.2) is 6.16 Å². The summed E-state index contributed by atoms with van der Waals surface area (Å²) in [5.74, 6) is -0.875. The Bertz CT molecular complexity index is 766. The van der Waals surface area contributed by atoms with Crippen LogP contribution in [0.5, 0.6) is 11.5 Å². The van der Waals surface area contributed by atoms with Crippen LogP contribution >= 0.6 is 23.2 Å². The number of alkyl halides is 6. The first-order valence-corrected chi connectivity index (χ1v) is 7.26. The van der Waals surface area contributed by atoms with E-state index in [0.29, 0.717) is 24.3 Å². The van der Waals surface area contributed by atoms with Gasteiger partial charge in [0, 0.05) is 0 Å². The van der Waals surface area contributed by atoms with Crippen molar-refractivity contribution in [2.45, 2.75) is 12.4 Å². The van der Waals surface area contributed by atoms with Gasteiger partial charge in [0.25, 0.3) is 0 Å². The van der Waals surface area contributed by atoms with E-state index < -0.39 is 51.2 Å². The molecule has 0 bridgehead atoms. The Balaban J connectivity index is 2.12. The topological polar surface area (TPSA) is 35.5 Å². The van der Waals surface area contributed by atoms with E-state index in [2.05, 4.69) is 9.47 Å². The van der Waals surface area contributed by atoms with Gasteiger partial charge in [-0.25, -0.2) is 4.79 Å². The van der Waals surface area contributed by atoms with Crippen molar-refractivity contribution in [3.05, 3.63) is 57.6 Å². The zero-order valence-corrected chi connectivity index (χ0v) is 13.7. The smallest absolute Gasteiger partial charge is 0.393 e. The van der Waals surface area contributed by atoms with Crippen molar-refractivity contribution in [2.24, 2.45) is 0 Å². The first-order chi connectivity index (χ1) is 11.9. The first kappa shape index (κ1) is 20.2. The number of hydrogen-bond donors (Lipinski definition) is 0. The maximum absolute atomic E-state index is 12.5. The zero-order chi connectivity index (χ0) is 19.7. The Morgan fingerprint density at radius 3 is 1.35 bits per heavy atom. The minimum atomic E-state index is -4.64. The van der Waals surface area contributed by atoms with E-state index in [9.17, 15) is 31.1 Å². The zero-order valence-electron chi connectivity index (χ0n) is 12.2. The molecular weight excluding hydrogens is 413 g/mol. The largest absolute Gasteiger partial charge is 0.519 e. The van der Waals surface area contributed by atoms with Crippen molar-refractivity contribution in [1.82, 2.24) is 0 Å². The molecular formula is C15H6Cl2F6O3. The highest BCUT2D eigenvalue weighted by atomic mass is 35.5. The van der Waals surface area contributed by atoms with Gasteiger partial charge in [0.2, 0.25) is 0 Å². The predicted octanol–water partition coefficient (Wildman–Crippen LogP) is 6.61. The molecule has 11 heteroatoms. The van der Waals surface area contributed by atoms with Gasteiger partial charge in [-0.3, -0.25) is 0 Å². The van der Waals surface area contributed by atoms with Gasteiger partial charge in [-0.15, -0.1) is 0 Å². The number of benzene rings is 2. The summed E-state index contributed by atoms with van der Waals surface area (Å²) in [6, 6.07) is 3.91. The minimum Gasteiger partial charge on any atom is -0.393 e. The summed E-state index contributed by atoms with van der Waals surface area (Å²) in [6.07, 6.45) is -10.7. The molecule has 26 heavy (non-hydrogen) atoms. The van der Waals surface area contributed by atoms with E-state index in [1.54, 1.807) is 0 Å². The Morgan fingerprint density at radius 2 is 1.08 bits per heavy atom. The molecule has 3 nitrogen and oxygen atoms in total. The normalized spacial score (nSPS) is 12.0. The third-order valence-electron chi connectivity index (χ3n) is 2.90. The molecule has 2 rings (SSSR count). The van der Waals surface area contributed by atoms with E-state index in [0.717, 1.165) is 12.1 Å². The van der Waals surface area contributed by atoms with E-state index in [4.69, 9.17) is 23.2 Å². The molecule has 0 aliphatic carbocycles. The standard InChI is InChI=1S/C15H6Cl2F6O3/c16-9-5-7(14(18,19)20)1-3-11(9)25-13(24)26-12-4-2-8(6-10(12)17)15(21,22)23/h1-6H. The highest BCUT2D eigenvalue weighted by molar-refractivity contribution is 6.32. The molecule has 2 aromatic carbocycles. The lowest BCUT2D eigenvalue weighted by atomic mass is 10.2. The Kier molecular flexibility index (Phi) is 5.62. The van der Waals surface area contributed by atoms with Crippen molar-refractivity contribution in [3.8, 4) is 11.5 Å². The Hall–Kier alpha value is -2.13. The molecule has 0 atom stereocenters. The Labute approximate surface area is 152 Å². The van der Waals surface area contributed by atoms with Gasteiger partial charge in [0.05, 0.1) is 21.2 Å². The molecule has 0 aliphatic heterocycles. The second kappa shape index (κ2) is 7.24. The van der Waals surface area contributed by atoms with Gasteiger partial charge in [-0.2, -0.15) is 26.3 Å². The summed E-state index contributed by atoms with van der Waals surface area (Å²) >= 11 is 11.2. The van der Waals surface area contributed by atoms with Crippen LogP contribution < -0.4 is 9.47 Å². The van der Waals surface area contributed by atoms with Gasteiger partial charge in [0.15, 0.2) is 11.5 Å². The lowest BCUT2D eigenvalue weighted by Gasteiger charge is -2.12. The molecule has 0 aliphatic rings. The molecule has 0 unspecified atom stereocenters. The van der Waals surface area contributed by atoms with Crippen LogP contribution in [0, 0.1) is 0 Å². The van der Waals surface area contributed by atoms with Crippen LogP contribution in [0.15, 0.2) is 36.4 Å². The summed E-state index contributed by atoms with van der Waals surface area (Å²) in [7, 11) is 0. The van der Waals surface area contributed by atoms with Gasteiger partial charge < -0.3 is 9.47 Å². The predicted molar refractivity (Wildman–Crippen MR) is 79.6 cm³/mol. The fraction of sp³-hybridized carbons (Fsp3) is 0.133. The molecule has 2 aromatic rings. The minimum absolute atomic E-state index is 0.437. The lowest BCUT2D eigenvalue weighted by Crippen LogP contribution is -2.15. The fourth-order valence-corrected chi connectivity index (χ4v) is 2.16. The van der Waals surface area contributed by atoms with Crippen LogP contribution in [0.3, 0.4) is 0 Å². The van der Waals surface area contributed by atoms with Crippen LogP contribution in [0.1, 0.15) is 11.1 Å². The fourth-order valence-electron chi connectivity index (χ4n) is 1.72. The molecule has 0 amide bonds. The highest BCUT2D eigenvalue weighted by Gasteiger charge is 2.32. The molecule has 0 heterocycles. The number of hydrogen-bond acceptors (Lipinski definition) is 3. The van der Waals surface area contributed by atoms with Gasteiger partial charge >= 0.3 is 18.5 Å². The summed E-state index contributed by atoms with van der Waals surface area (Å²) < 4.78 is 84.4. The van der Waals surface area contributed by atoms with Crippen molar-refractivity contribution in [2.75, 3.05) is 0 Å². The number of carbonyl (C=O) groups excluding carboxylic acids is 1. The third-order valence-corrected chi connectivity index (χ3v) is 3.50. The van der Waals surface area contributed by atoms with Crippen LogP contribution in [0.4, 0.5) is 31.1 Å². The van der Waals surface area contributed by atoms with Crippen molar-refractivity contribution in [3.63, 3.8) is 0 Å². The van der Waals surface area contributed by atoms with E-state index in [1.165, 1.54) is 0 Å². The highest BCUT2D eigenvalue weighted by Crippen LogP contribution is 2.36. The quantitative estimate of drug-likeness (QED) is 0.312. The molecule has 0 radical (unpaired) electrons. The second-order valence-corrected chi connectivity index (χ2v) is 5.55. The molecule has 0 saturated carbocycles. The molecule has 140 valence electrons. The van der Waals surface area contributed by atoms with Crippen molar-refractivity contribution in [1.29, 1.82) is 0 Å². The lowest BCUT2D eigenvalue weighted by molar-refractivity contribution is -0.138. The van der Waals surface area contributed by atoms with E-state index in [-0.39, 0.29) is 0 Å². The molecule has 0 spiro atoms. The molecule has 0 N–H and O–H groups in total. The van der Waals surface area contributed by atoms with E-state index in [1.807, 2.05) is 0 Å². The average molecular weight is 419 g/mol. The summed E-state index contributed by atoms with van der Waals surface area (Å²) in [5.41, 5.74) is -2.12. The summed E-state index contributed by atoms with van der Waals surface area (Å²) in [5, 5.41) is -1.04. The molecule has 0 saturated heterocycles. The SMILES string of the molecule is O=C(Oc1ccc(C(F)(F)F)cc1Cl)Oc1ccc(C(F)(F)F)cc1Cl. The maximum atomic E-state index is 12.5. The van der Waals surface area contributed by atoms with Gasteiger partial charge in [0.1, 0.15) is 0 Å². The van der Waals surface area contributed by atoms with E-state index >= 15 is 0 Å². The number of carbonyl (C=O) groups is 1. The number of ether oxygens (including phenoxy) is 2. The van der Waals surface area contributed by atoms with Crippen molar-refractivity contribution < 1.29 is 40.6 Å². The second-order valence-electron chi connectivity index (χ2n) is 4.74. The number of halogens is 8. The van der Waals surface area contributed by atoms with Crippen LogP contribution in [0.2, 0.25) is 10.0 Å². The Morgan fingerprint density at radius 1 is 0.731 bits per heavy atom. The van der Waals surface area contributed by atoms with Crippen molar-refractivity contribution >= 4 is 29.4 Å². The molecule has 0 fully saturated rings. The summed E-state index contributed by atoms with van der Waals surface area (Å²) in [4.78, 5) is 11.6. The monoisotopic (exact) mass is 418 g/mol. The van der Waals surface area contributed by atoms with Crippen LogP contribution in [-0.2, 0) is 12.4 Å². The van der Waals surface area contributed by atoms with Crippen LogP contribution in [0.25, 0.3) is 0 Å². The average Bonchev–Trinajstić information content (AvgIpc) is 2.49. The molecule has 0 aromatic heterocycles. The number of rotatable bonds is 2. The maximum Gasteiger partial charge on any atom is 0.519 e. The van der Waals surface area contributed by atoms with Gasteiger partial charge in [-0.1, -0.05) is 23.2 Å². The summed E-state index contributed by atoms with van der Waals surface area (Å²) in [6.45, 7) is 0. The first-order valence-electron chi connectivity index (χ1n) is 6.51. The van der Waals surface area contributed by atoms with Gasteiger partial charge in [-0.05, 0) is 36.4 Å². The third kappa shape index (κ3) is 4.95.